The monoisotopic (exact) mass is 160 g/mol. The van der Waals surface area contributed by atoms with E-state index in [1.807, 2.05) is 0 Å². The highest BCUT2D eigenvalue weighted by molar-refractivity contribution is 7.72. The summed E-state index contributed by atoms with van der Waals surface area (Å²) in [6.45, 7) is 1.75. The predicted octanol–water partition coefficient (Wildman–Crippen LogP) is -0.301. The van der Waals surface area contributed by atoms with Gasteiger partial charge in [0, 0.05) is 7.05 Å². The third kappa shape index (κ3) is 1.04. The van der Waals surface area contributed by atoms with E-state index in [2.05, 4.69) is 4.98 Å². The van der Waals surface area contributed by atoms with Crippen molar-refractivity contribution < 1.29 is 8.42 Å². The number of thiol groups is 1. The molecule has 1 rings (SSSR count). The Morgan fingerprint density at radius 3 is 2.40 bits per heavy atom. The number of hydrogen-bond acceptors (Lipinski definition) is 3. The standard InChI is InChI=1S/C5H8N2O2S/c1-4-6-3-5(7(4)2)10(8)9/h3,10H,1-2H3. The molecule has 0 spiro atoms. The number of imidazole rings is 1. The fourth-order valence-corrected chi connectivity index (χ4v) is 1.20. The Hall–Kier alpha value is -0.840. The van der Waals surface area contributed by atoms with Crippen LogP contribution < -0.4 is 0 Å². The van der Waals surface area contributed by atoms with Crippen molar-refractivity contribution in [3.8, 4) is 0 Å². The Labute approximate surface area is 60.5 Å². The fraction of sp³-hybridized carbons (Fsp3) is 0.400. The summed E-state index contributed by atoms with van der Waals surface area (Å²) in [5.74, 6) is 0.703. The van der Waals surface area contributed by atoms with E-state index >= 15 is 0 Å². The SMILES string of the molecule is Cc1ncc([SH](=O)=O)n1C. The Morgan fingerprint density at radius 2 is 2.20 bits per heavy atom. The van der Waals surface area contributed by atoms with Gasteiger partial charge in [-0.3, -0.25) is 0 Å². The molecule has 10 heavy (non-hydrogen) atoms. The summed E-state index contributed by atoms with van der Waals surface area (Å²) in [4.78, 5) is 3.82. The summed E-state index contributed by atoms with van der Waals surface area (Å²) >= 11 is 0. The van der Waals surface area contributed by atoms with Gasteiger partial charge in [0.05, 0.1) is 6.20 Å². The number of aromatic nitrogens is 2. The molecule has 0 aliphatic rings. The molecule has 0 aromatic carbocycles. The molecule has 0 aliphatic heterocycles. The maximum Gasteiger partial charge on any atom is 0.185 e. The first-order chi connectivity index (χ1) is 4.63. The van der Waals surface area contributed by atoms with Crippen molar-refractivity contribution in [3.05, 3.63) is 12.0 Å². The van der Waals surface area contributed by atoms with E-state index in [1.165, 1.54) is 10.8 Å². The average Bonchev–Trinajstić information content (AvgIpc) is 2.14. The lowest BCUT2D eigenvalue weighted by molar-refractivity contribution is 0.604. The molecule has 0 amide bonds. The quantitative estimate of drug-likeness (QED) is 0.574. The van der Waals surface area contributed by atoms with Crippen LogP contribution in [0.2, 0.25) is 0 Å². The van der Waals surface area contributed by atoms with Crippen LogP contribution in [0.4, 0.5) is 0 Å². The van der Waals surface area contributed by atoms with Gasteiger partial charge in [-0.15, -0.1) is 0 Å². The van der Waals surface area contributed by atoms with Crippen LogP contribution in [-0.4, -0.2) is 18.0 Å². The van der Waals surface area contributed by atoms with Gasteiger partial charge in [0.25, 0.3) is 0 Å². The second-order valence-electron chi connectivity index (χ2n) is 1.98. The first-order valence-corrected chi connectivity index (χ1v) is 3.93. The molecule has 5 heteroatoms. The lowest BCUT2D eigenvalue weighted by Crippen LogP contribution is -1.95. The molecule has 0 N–H and O–H groups in total. The Kier molecular flexibility index (Phi) is 1.76. The van der Waals surface area contributed by atoms with Gasteiger partial charge in [0.15, 0.2) is 15.7 Å². The summed E-state index contributed by atoms with van der Waals surface area (Å²) in [5.41, 5.74) is 0. The second kappa shape index (κ2) is 2.42. The van der Waals surface area contributed by atoms with Gasteiger partial charge in [-0.2, -0.15) is 0 Å². The maximum atomic E-state index is 10.4. The summed E-state index contributed by atoms with van der Waals surface area (Å²) in [6.07, 6.45) is 1.35. The lowest BCUT2D eigenvalue weighted by atomic mass is 10.7. The summed E-state index contributed by atoms with van der Waals surface area (Å²) in [5, 5.41) is 0.257. The van der Waals surface area contributed by atoms with E-state index in [4.69, 9.17) is 0 Å². The highest BCUT2D eigenvalue weighted by Crippen LogP contribution is 2.01. The number of rotatable bonds is 1. The molecule has 1 aromatic rings. The molecule has 0 fully saturated rings. The Balaban J connectivity index is 3.31. The Bertz CT molecular complexity index is 305. The van der Waals surface area contributed by atoms with Gasteiger partial charge >= 0.3 is 0 Å². The zero-order valence-electron chi connectivity index (χ0n) is 5.74. The van der Waals surface area contributed by atoms with Crippen LogP contribution >= 0.6 is 0 Å². The molecular weight excluding hydrogens is 152 g/mol. The minimum atomic E-state index is -2.50. The van der Waals surface area contributed by atoms with Crippen molar-refractivity contribution in [3.63, 3.8) is 0 Å². The van der Waals surface area contributed by atoms with Crippen molar-refractivity contribution in [2.75, 3.05) is 0 Å². The van der Waals surface area contributed by atoms with E-state index in [0.29, 0.717) is 5.82 Å². The van der Waals surface area contributed by atoms with Gasteiger partial charge < -0.3 is 4.57 Å². The highest BCUT2D eigenvalue weighted by Gasteiger charge is 2.02. The summed E-state index contributed by atoms with van der Waals surface area (Å²) in [6, 6.07) is 0. The topological polar surface area (TPSA) is 52.0 Å². The maximum absolute atomic E-state index is 10.4. The fourth-order valence-electron chi connectivity index (χ4n) is 0.660. The number of hydrogen-bond donors (Lipinski definition) is 1. The molecule has 0 aliphatic carbocycles. The molecule has 4 nitrogen and oxygen atoms in total. The minimum Gasteiger partial charge on any atom is -0.323 e. The van der Waals surface area contributed by atoms with Crippen LogP contribution in [0.25, 0.3) is 0 Å². The minimum absolute atomic E-state index is 0.257. The van der Waals surface area contributed by atoms with E-state index in [0.717, 1.165) is 0 Å². The Morgan fingerprint density at radius 1 is 1.60 bits per heavy atom. The van der Waals surface area contributed by atoms with E-state index in [1.54, 1.807) is 14.0 Å². The van der Waals surface area contributed by atoms with Crippen molar-refractivity contribution >= 4 is 10.7 Å². The first kappa shape index (κ1) is 7.27. The largest absolute Gasteiger partial charge is 0.323 e. The average molecular weight is 160 g/mol. The van der Waals surface area contributed by atoms with Crippen LogP contribution in [0, 0.1) is 6.92 Å². The van der Waals surface area contributed by atoms with Crippen molar-refractivity contribution in [1.29, 1.82) is 0 Å². The van der Waals surface area contributed by atoms with Gasteiger partial charge in [0.1, 0.15) is 5.82 Å². The third-order valence-corrected chi connectivity index (χ3v) is 2.17. The molecule has 1 aromatic heterocycles. The van der Waals surface area contributed by atoms with Crippen molar-refractivity contribution in [1.82, 2.24) is 9.55 Å². The lowest BCUT2D eigenvalue weighted by Gasteiger charge is -1.93. The molecule has 0 saturated carbocycles. The van der Waals surface area contributed by atoms with Crippen LogP contribution in [0.5, 0.6) is 0 Å². The van der Waals surface area contributed by atoms with Crippen LogP contribution in [0.3, 0.4) is 0 Å². The molecule has 0 radical (unpaired) electrons. The molecule has 0 atom stereocenters. The summed E-state index contributed by atoms with van der Waals surface area (Å²) in [7, 11) is -0.826. The smallest absolute Gasteiger partial charge is 0.185 e. The number of nitrogens with zero attached hydrogens (tertiary/aromatic N) is 2. The molecule has 0 bridgehead atoms. The molecule has 1 heterocycles. The molecule has 56 valence electrons. The van der Waals surface area contributed by atoms with Crippen LogP contribution in [0.15, 0.2) is 11.2 Å². The normalized spacial score (nSPS) is 10.7. The molecular formula is C5H8N2O2S. The van der Waals surface area contributed by atoms with E-state index in [9.17, 15) is 8.42 Å². The van der Waals surface area contributed by atoms with Crippen LogP contribution in [0.1, 0.15) is 5.82 Å². The molecule has 0 saturated heterocycles. The van der Waals surface area contributed by atoms with E-state index < -0.39 is 10.7 Å². The van der Waals surface area contributed by atoms with Crippen molar-refractivity contribution in [2.24, 2.45) is 7.05 Å². The van der Waals surface area contributed by atoms with Crippen LogP contribution in [-0.2, 0) is 17.8 Å². The summed E-state index contributed by atoms with van der Waals surface area (Å²) < 4.78 is 22.4. The predicted molar refractivity (Wildman–Crippen MR) is 36.5 cm³/mol. The highest BCUT2D eigenvalue weighted by atomic mass is 32.2. The number of aryl methyl sites for hydroxylation is 1. The van der Waals surface area contributed by atoms with Gasteiger partial charge in [0.2, 0.25) is 0 Å². The zero-order chi connectivity index (χ0) is 7.72. The van der Waals surface area contributed by atoms with Crippen molar-refractivity contribution in [2.45, 2.75) is 11.9 Å². The van der Waals surface area contributed by atoms with Gasteiger partial charge in [-0.05, 0) is 6.92 Å². The van der Waals surface area contributed by atoms with Gasteiger partial charge in [-0.25, -0.2) is 13.4 Å². The van der Waals surface area contributed by atoms with Gasteiger partial charge in [-0.1, -0.05) is 0 Å². The second-order valence-corrected chi connectivity index (χ2v) is 2.95. The van der Waals surface area contributed by atoms with E-state index in [-0.39, 0.29) is 5.03 Å². The molecule has 0 unspecified atom stereocenters. The third-order valence-electron chi connectivity index (χ3n) is 1.38. The zero-order valence-corrected chi connectivity index (χ0v) is 6.63. The first-order valence-electron chi connectivity index (χ1n) is 2.75.